The van der Waals surface area contributed by atoms with Gasteiger partial charge in [-0.15, -0.1) is 0 Å². The molecule has 450 valence electrons. The van der Waals surface area contributed by atoms with Gasteiger partial charge in [0.15, 0.2) is 34.5 Å². The Bertz CT molecular complexity index is 2150. The fourth-order valence-electron chi connectivity index (χ4n) is 13.0. The Labute approximate surface area is 495 Å². The standard InChI is InChI=1S/C75H114O6/c1-7-13-19-25-31-37-43-76-67-52-58-49-64-73(61(58)55-70(67)79-46-40-34-28-22-16-10-4)65-50-59-53-68(77-44-38-32-26-20-14-8-2)72(81-48-42-36-30-24-18-12-6)57-63(59)75(65)66-51-60-54-69(78-45-39-33-27-21-15-9-3)71(56-62(60)74(64)66)80-47-41-35-29-23-17-11-5/h52-57H,7-51H2,1-6H3. The summed E-state index contributed by atoms with van der Waals surface area (Å²) in [6, 6.07) is 14.3. The van der Waals surface area contributed by atoms with Gasteiger partial charge in [-0.2, -0.15) is 0 Å². The Morgan fingerprint density at radius 2 is 0.395 bits per heavy atom. The molecule has 3 aliphatic rings. The molecule has 7 rings (SSSR count). The van der Waals surface area contributed by atoms with Gasteiger partial charge in [0.2, 0.25) is 0 Å². The van der Waals surface area contributed by atoms with E-state index in [-0.39, 0.29) is 0 Å². The second kappa shape index (κ2) is 37.1. The van der Waals surface area contributed by atoms with E-state index in [9.17, 15) is 0 Å². The van der Waals surface area contributed by atoms with Crippen LogP contribution < -0.4 is 28.4 Å². The van der Waals surface area contributed by atoms with E-state index < -0.39 is 0 Å². The van der Waals surface area contributed by atoms with E-state index >= 15 is 0 Å². The van der Waals surface area contributed by atoms with Crippen LogP contribution in [-0.4, -0.2) is 39.6 Å². The lowest BCUT2D eigenvalue weighted by Crippen LogP contribution is -2.04. The summed E-state index contributed by atoms with van der Waals surface area (Å²) in [4.78, 5) is 0. The first-order valence-corrected chi connectivity index (χ1v) is 34.5. The number of ether oxygens (including phenoxy) is 6. The number of unbranched alkanes of at least 4 members (excludes halogenated alkanes) is 30. The molecule has 0 unspecified atom stereocenters. The van der Waals surface area contributed by atoms with Crippen molar-refractivity contribution in [1.82, 2.24) is 0 Å². The average Bonchev–Trinajstić information content (AvgIpc) is 2.02. The SMILES string of the molecule is CCCCCCCCOc1cc2c(cc1OCCCCCCCC)-c1c(c3c(c4c1Cc1cc(OCCCCCCCC)c(OCCCCCCCC)cc1-4)Cc1cc(OCCCCCCCC)c(OCCCCCCCC)cc1-3)C2. The summed E-state index contributed by atoms with van der Waals surface area (Å²) in [5.41, 5.74) is 16.5. The molecule has 0 aromatic heterocycles. The second-order valence-corrected chi connectivity index (χ2v) is 24.7. The van der Waals surface area contributed by atoms with Gasteiger partial charge in [0.05, 0.1) is 39.6 Å². The highest BCUT2D eigenvalue weighted by Crippen LogP contribution is 2.59. The Kier molecular flexibility index (Phi) is 29.4. The molecule has 0 radical (unpaired) electrons. The van der Waals surface area contributed by atoms with E-state index in [1.807, 2.05) is 0 Å². The van der Waals surface area contributed by atoms with Crippen molar-refractivity contribution in [3.05, 3.63) is 69.8 Å². The highest BCUT2D eigenvalue weighted by molar-refractivity contribution is 6.01. The van der Waals surface area contributed by atoms with Crippen molar-refractivity contribution < 1.29 is 28.4 Å². The molecule has 0 spiro atoms. The zero-order chi connectivity index (χ0) is 56.7. The van der Waals surface area contributed by atoms with E-state index in [0.717, 1.165) is 112 Å². The third kappa shape index (κ3) is 19.4. The molecule has 4 aromatic rings. The van der Waals surface area contributed by atoms with Crippen LogP contribution in [0.1, 0.15) is 306 Å². The van der Waals surface area contributed by atoms with Gasteiger partial charge in [-0.1, -0.05) is 234 Å². The molecule has 81 heavy (non-hydrogen) atoms. The van der Waals surface area contributed by atoms with Crippen LogP contribution in [0.4, 0.5) is 0 Å². The van der Waals surface area contributed by atoms with Crippen LogP contribution in [-0.2, 0) is 19.3 Å². The minimum Gasteiger partial charge on any atom is -0.490 e. The zero-order valence-electron chi connectivity index (χ0n) is 52.7. The third-order valence-electron chi connectivity index (χ3n) is 17.8. The van der Waals surface area contributed by atoms with Crippen molar-refractivity contribution in [2.24, 2.45) is 0 Å². The molecular weight excluding hydrogens is 997 g/mol. The maximum atomic E-state index is 6.88. The fourth-order valence-corrected chi connectivity index (χ4v) is 13.0. The maximum Gasteiger partial charge on any atom is 0.161 e. The molecule has 0 saturated carbocycles. The van der Waals surface area contributed by atoms with Crippen LogP contribution in [0.15, 0.2) is 36.4 Å². The van der Waals surface area contributed by atoms with Crippen LogP contribution in [0, 0.1) is 0 Å². The normalized spacial score (nSPS) is 12.5. The smallest absolute Gasteiger partial charge is 0.161 e. The van der Waals surface area contributed by atoms with Crippen molar-refractivity contribution in [3.63, 3.8) is 0 Å². The highest BCUT2D eigenvalue weighted by atomic mass is 16.5. The molecule has 0 N–H and O–H groups in total. The van der Waals surface area contributed by atoms with Gasteiger partial charge in [-0.25, -0.2) is 0 Å². The summed E-state index contributed by atoms with van der Waals surface area (Å²) in [7, 11) is 0. The Morgan fingerprint density at radius 3 is 0.593 bits per heavy atom. The molecular formula is C75H114O6. The molecule has 0 fully saturated rings. The average molecular weight is 1110 g/mol. The number of fused-ring (bicyclic) bond motifs is 12. The molecule has 6 heteroatoms. The lowest BCUT2D eigenvalue weighted by atomic mass is 9.86. The van der Waals surface area contributed by atoms with Crippen molar-refractivity contribution in [1.29, 1.82) is 0 Å². The van der Waals surface area contributed by atoms with Crippen molar-refractivity contribution in [2.45, 2.75) is 292 Å². The van der Waals surface area contributed by atoms with E-state index in [1.54, 1.807) is 0 Å². The summed E-state index contributed by atoms with van der Waals surface area (Å²) in [5.74, 6) is 5.44. The molecule has 4 aromatic carbocycles. The van der Waals surface area contributed by atoms with Crippen molar-refractivity contribution >= 4 is 0 Å². The molecule has 0 heterocycles. The minimum atomic E-state index is 0.708. The summed E-state index contributed by atoms with van der Waals surface area (Å²) in [6.45, 7) is 18.0. The van der Waals surface area contributed by atoms with E-state index in [1.165, 1.54) is 259 Å². The van der Waals surface area contributed by atoms with E-state index in [2.05, 4.69) is 77.9 Å². The van der Waals surface area contributed by atoms with Gasteiger partial charge in [-0.05, 0) is 161 Å². The van der Waals surface area contributed by atoms with Crippen molar-refractivity contribution in [3.8, 4) is 67.9 Å². The number of hydrogen-bond acceptors (Lipinski definition) is 6. The molecule has 3 aliphatic carbocycles. The Morgan fingerprint density at radius 1 is 0.222 bits per heavy atom. The Balaban J connectivity index is 1.29. The zero-order valence-corrected chi connectivity index (χ0v) is 52.7. The molecule has 6 nitrogen and oxygen atoms in total. The van der Waals surface area contributed by atoms with Gasteiger partial charge in [0.1, 0.15) is 0 Å². The molecule has 0 atom stereocenters. The summed E-state index contributed by atoms with van der Waals surface area (Å²) in [6.07, 6.45) is 47.1. The summed E-state index contributed by atoms with van der Waals surface area (Å²) in [5, 5.41) is 0. The molecule has 0 bridgehead atoms. The van der Waals surface area contributed by atoms with Crippen LogP contribution in [0.3, 0.4) is 0 Å². The first kappa shape index (κ1) is 64.2. The minimum absolute atomic E-state index is 0.708. The third-order valence-corrected chi connectivity index (χ3v) is 17.8. The van der Waals surface area contributed by atoms with Crippen LogP contribution >= 0.6 is 0 Å². The lowest BCUT2D eigenvalue weighted by Gasteiger charge is -2.19. The molecule has 0 amide bonds. The number of hydrogen-bond donors (Lipinski definition) is 0. The predicted octanol–water partition coefficient (Wildman–Crippen LogP) is 22.8. The predicted molar refractivity (Wildman–Crippen MR) is 344 cm³/mol. The van der Waals surface area contributed by atoms with Gasteiger partial charge in [-0.3, -0.25) is 0 Å². The summed E-state index contributed by atoms with van der Waals surface area (Å²) < 4.78 is 41.1. The molecule has 0 saturated heterocycles. The van der Waals surface area contributed by atoms with Gasteiger partial charge >= 0.3 is 0 Å². The van der Waals surface area contributed by atoms with Crippen LogP contribution in [0.2, 0.25) is 0 Å². The van der Waals surface area contributed by atoms with E-state index in [4.69, 9.17) is 28.4 Å². The topological polar surface area (TPSA) is 55.4 Å². The monoisotopic (exact) mass is 1110 g/mol. The van der Waals surface area contributed by atoms with Gasteiger partial charge in [0, 0.05) is 0 Å². The molecule has 0 aliphatic heterocycles. The quantitative estimate of drug-likeness (QED) is 0.0354. The van der Waals surface area contributed by atoms with Crippen LogP contribution in [0.5, 0.6) is 34.5 Å². The van der Waals surface area contributed by atoms with Gasteiger partial charge in [0.25, 0.3) is 0 Å². The second-order valence-electron chi connectivity index (χ2n) is 24.7. The largest absolute Gasteiger partial charge is 0.490 e. The first-order valence-electron chi connectivity index (χ1n) is 34.5. The van der Waals surface area contributed by atoms with Gasteiger partial charge < -0.3 is 28.4 Å². The number of benzene rings is 4. The van der Waals surface area contributed by atoms with Crippen molar-refractivity contribution in [2.75, 3.05) is 39.6 Å². The van der Waals surface area contributed by atoms with Crippen LogP contribution in [0.25, 0.3) is 33.4 Å². The maximum absolute atomic E-state index is 6.88. The van der Waals surface area contributed by atoms with E-state index in [0.29, 0.717) is 19.8 Å². The highest BCUT2D eigenvalue weighted by Gasteiger charge is 2.39. The fraction of sp³-hybridized carbons (Fsp3) is 0.680. The summed E-state index contributed by atoms with van der Waals surface area (Å²) >= 11 is 0. The first-order chi connectivity index (χ1) is 40.0. The number of rotatable bonds is 48. The lowest BCUT2D eigenvalue weighted by molar-refractivity contribution is 0.258. The Hall–Kier alpha value is -4.32.